The maximum absolute atomic E-state index is 12.4. The van der Waals surface area contributed by atoms with E-state index in [4.69, 9.17) is 9.47 Å². The Balaban J connectivity index is 2.59. The van der Waals surface area contributed by atoms with Gasteiger partial charge in [0.1, 0.15) is 0 Å². The third kappa shape index (κ3) is 4.62. The summed E-state index contributed by atoms with van der Waals surface area (Å²) in [6.07, 6.45) is 1.54. The maximum atomic E-state index is 12.4. The lowest BCUT2D eigenvalue weighted by molar-refractivity contribution is -0.698. The zero-order chi connectivity index (χ0) is 19.3. The highest BCUT2D eigenvalue weighted by Crippen LogP contribution is 2.27. The van der Waals surface area contributed by atoms with Gasteiger partial charge in [-0.2, -0.15) is 0 Å². The van der Waals surface area contributed by atoms with Crippen LogP contribution in [0.5, 0.6) is 0 Å². The SMILES string of the molecule is COC(=O)C[C@@H](C(=O)OC)[n+]1c[nH]c(NC(C)(C)C)c1-c1ccccc1. The first kappa shape index (κ1) is 19.5. The van der Waals surface area contributed by atoms with Crippen LogP contribution in [-0.2, 0) is 19.1 Å². The van der Waals surface area contributed by atoms with Crippen LogP contribution in [0.1, 0.15) is 33.2 Å². The summed E-state index contributed by atoms with van der Waals surface area (Å²) in [5.41, 5.74) is 1.47. The Morgan fingerprint density at radius 1 is 1.15 bits per heavy atom. The largest absolute Gasteiger partial charge is 0.469 e. The third-order valence-corrected chi connectivity index (χ3v) is 3.79. The molecule has 2 rings (SSSR count). The summed E-state index contributed by atoms with van der Waals surface area (Å²) < 4.78 is 11.4. The van der Waals surface area contributed by atoms with Gasteiger partial charge in [0.05, 0.1) is 20.6 Å². The van der Waals surface area contributed by atoms with Crippen LogP contribution in [0.2, 0.25) is 0 Å². The fraction of sp³-hybridized carbons (Fsp3) is 0.421. The molecule has 0 unspecified atom stereocenters. The molecule has 0 bridgehead atoms. The van der Waals surface area contributed by atoms with Gasteiger partial charge in [-0.1, -0.05) is 30.3 Å². The molecule has 1 atom stereocenters. The summed E-state index contributed by atoms with van der Waals surface area (Å²) >= 11 is 0. The number of rotatable bonds is 6. The number of nitrogens with one attached hydrogen (secondary N) is 2. The molecular weight excluding hydrogens is 334 g/mol. The Kier molecular flexibility index (Phi) is 6.02. The van der Waals surface area contributed by atoms with Crippen molar-refractivity contribution in [3.63, 3.8) is 0 Å². The lowest BCUT2D eigenvalue weighted by Crippen LogP contribution is -2.46. The molecule has 0 aliphatic carbocycles. The predicted octanol–water partition coefficient (Wildman–Crippen LogP) is 2.46. The molecule has 0 radical (unpaired) electrons. The van der Waals surface area contributed by atoms with Crippen LogP contribution < -0.4 is 9.88 Å². The van der Waals surface area contributed by atoms with Crippen LogP contribution in [0.4, 0.5) is 5.82 Å². The van der Waals surface area contributed by atoms with Gasteiger partial charge in [0.2, 0.25) is 18.2 Å². The highest BCUT2D eigenvalue weighted by atomic mass is 16.5. The van der Waals surface area contributed by atoms with E-state index in [1.165, 1.54) is 14.2 Å². The third-order valence-electron chi connectivity index (χ3n) is 3.79. The number of imidazole rings is 1. The molecule has 26 heavy (non-hydrogen) atoms. The Labute approximate surface area is 153 Å². The van der Waals surface area contributed by atoms with Gasteiger partial charge in [-0.15, -0.1) is 0 Å². The van der Waals surface area contributed by atoms with Gasteiger partial charge in [0.25, 0.3) is 0 Å². The van der Waals surface area contributed by atoms with Crippen LogP contribution >= 0.6 is 0 Å². The number of anilines is 1. The van der Waals surface area contributed by atoms with Crippen molar-refractivity contribution in [2.24, 2.45) is 0 Å². The molecule has 1 aromatic carbocycles. The summed E-state index contributed by atoms with van der Waals surface area (Å²) in [7, 11) is 2.60. The standard InChI is InChI=1S/C19H25N3O4/c1-19(2,3)21-17-16(13-9-7-6-8-10-13)22(12-20-17)14(18(24)26-5)11-15(23)25-4/h6-10,12,14,21H,11H2,1-5H3/p+1/t14-/m0/s1. The van der Waals surface area contributed by atoms with Crippen molar-refractivity contribution in [2.45, 2.75) is 38.8 Å². The topological polar surface area (TPSA) is 84.3 Å². The molecule has 7 nitrogen and oxygen atoms in total. The Morgan fingerprint density at radius 3 is 2.35 bits per heavy atom. The second-order valence-corrected chi connectivity index (χ2v) is 6.96. The number of carbonyl (C=O) groups excluding carboxylic acids is 2. The Hall–Kier alpha value is -2.83. The van der Waals surface area contributed by atoms with E-state index in [0.717, 1.165) is 17.1 Å². The molecule has 0 amide bonds. The minimum absolute atomic E-state index is 0.125. The second-order valence-electron chi connectivity index (χ2n) is 6.96. The van der Waals surface area contributed by atoms with Crippen LogP contribution in [0.3, 0.4) is 0 Å². The van der Waals surface area contributed by atoms with E-state index in [1.54, 1.807) is 10.9 Å². The van der Waals surface area contributed by atoms with Crippen LogP contribution in [0, 0.1) is 0 Å². The van der Waals surface area contributed by atoms with Gasteiger partial charge >= 0.3 is 11.9 Å². The van der Waals surface area contributed by atoms with Crippen molar-refractivity contribution in [3.05, 3.63) is 36.7 Å². The number of aromatic nitrogens is 2. The molecule has 7 heteroatoms. The van der Waals surface area contributed by atoms with E-state index < -0.39 is 18.0 Å². The smallest absolute Gasteiger partial charge is 0.352 e. The molecule has 0 aliphatic rings. The minimum Gasteiger partial charge on any atom is -0.469 e. The zero-order valence-corrected chi connectivity index (χ0v) is 15.8. The van der Waals surface area contributed by atoms with E-state index in [1.807, 2.05) is 51.1 Å². The van der Waals surface area contributed by atoms with Crippen molar-refractivity contribution in [1.82, 2.24) is 4.98 Å². The zero-order valence-electron chi connectivity index (χ0n) is 15.8. The van der Waals surface area contributed by atoms with E-state index >= 15 is 0 Å². The lowest BCUT2D eigenvalue weighted by Gasteiger charge is -2.20. The highest BCUT2D eigenvalue weighted by molar-refractivity contribution is 5.80. The van der Waals surface area contributed by atoms with Crippen molar-refractivity contribution < 1.29 is 23.6 Å². The highest BCUT2D eigenvalue weighted by Gasteiger charge is 2.35. The first-order chi connectivity index (χ1) is 12.3. The summed E-state index contributed by atoms with van der Waals surface area (Å²) in [5.74, 6) is -0.250. The first-order valence-corrected chi connectivity index (χ1v) is 8.37. The van der Waals surface area contributed by atoms with Gasteiger partial charge in [0, 0.05) is 11.1 Å². The maximum Gasteiger partial charge on any atom is 0.352 e. The number of H-pyrrole nitrogens is 1. The summed E-state index contributed by atoms with van der Waals surface area (Å²) in [5, 5.41) is 3.40. The van der Waals surface area contributed by atoms with Gasteiger partial charge in [-0.05, 0) is 20.8 Å². The van der Waals surface area contributed by atoms with E-state index in [9.17, 15) is 9.59 Å². The molecule has 1 aromatic heterocycles. The lowest BCUT2D eigenvalue weighted by atomic mass is 10.1. The summed E-state index contributed by atoms with van der Waals surface area (Å²) in [6.45, 7) is 6.12. The monoisotopic (exact) mass is 360 g/mol. The fourth-order valence-electron chi connectivity index (χ4n) is 2.67. The number of hydrogen-bond acceptors (Lipinski definition) is 5. The number of aromatic amines is 1. The number of benzene rings is 1. The van der Waals surface area contributed by atoms with Crippen molar-refractivity contribution >= 4 is 17.8 Å². The quantitative estimate of drug-likeness (QED) is 0.611. The number of carbonyl (C=O) groups is 2. The molecule has 2 N–H and O–H groups in total. The van der Waals surface area contributed by atoms with Gasteiger partial charge in [0.15, 0.2) is 5.69 Å². The van der Waals surface area contributed by atoms with Crippen LogP contribution in [0.15, 0.2) is 36.7 Å². The van der Waals surface area contributed by atoms with Crippen molar-refractivity contribution in [3.8, 4) is 11.3 Å². The van der Waals surface area contributed by atoms with E-state index in [-0.39, 0.29) is 12.0 Å². The fourth-order valence-corrected chi connectivity index (χ4v) is 2.67. The van der Waals surface area contributed by atoms with Crippen LogP contribution in [0.25, 0.3) is 11.3 Å². The van der Waals surface area contributed by atoms with E-state index in [0.29, 0.717) is 0 Å². The Morgan fingerprint density at radius 2 is 1.81 bits per heavy atom. The molecule has 0 fully saturated rings. The summed E-state index contributed by atoms with van der Waals surface area (Å²) in [6, 6.07) is 8.81. The van der Waals surface area contributed by atoms with E-state index in [2.05, 4.69) is 10.3 Å². The van der Waals surface area contributed by atoms with Crippen molar-refractivity contribution in [1.29, 1.82) is 0 Å². The van der Waals surface area contributed by atoms with Crippen molar-refractivity contribution in [2.75, 3.05) is 19.5 Å². The molecule has 0 saturated heterocycles. The Bertz CT molecular complexity index is 763. The number of hydrogen-bond donors (Lipinski definition) is 2. The number of esters is 2. The normalized spacial score (nSPS) is 12.3. The number of ether oxygens (including phenoxy) is 2. The molecule has 1 heterocycles. The predicted molar refractivity (Wildman–Crippen MR) is 97.5 cm³/mol. The average Bonchev–Trinajstić information content (AvgIpc) is 3.00. The molecule has 0 aliphatic heterocycles. The molecule has 2 aromatic rings. The molecule has 0 spiro atoms. The van der Waals surface area contributed by atoms with Gasteiger partial charge in [-0.25, -0.2) is 14.3 Å². The summed E-state index contributed by atoms with van der Waals surface area (Å²) in [4.78, 5) is 27.4. The second kappa shape index (κ2) is 8.03. The number of methoxy groups -OCH3 is 2. The molecule has 0 saturated carbocycles. The molecule has 140 valence electrons. The van der Waals surface area contributed by atoms with Gasteiger partial charge in [-0.3, -0.25) is 4.79 Å². The van der Waals surface area contributed by atoms with Crippen LogP contribution in [-0.4, -0.2) is 36.7 Å². The first-order valence-electron chi connectivity index (χ1n) is 8.37. The minimum atomic E-state index is -0.838. The molecular formula is C19H26N3O4+. The van der Waals surface area contributed by atoms with Gasteiger partial charge < -0.3 is 14.8 Å². The number of nitrogens with zero attached hydrogens (tertiary/aromatic N) is 1. The average molecular weight is 360 g/mol.